The lowest BCUT2D eigenvalue weighted by Crippen LogP contribution is -2.49. The molecule has 3 rings (SSSR count). The van der Waals surface area contributed by atoms with E-state index in [0.717, 1.165) is 62.5 Å². The molecule has 1 aliphatic rings. The molecule has 1 saturated heterocycles. The Hall–Kier alpha value is -2.65. The van der Waals surface area contributed by atoms with Crippen LogP contribution in [0.25, 0.3) is 0 Å². The maximum Gasteiger partial charge on any atom is 0.222 e. The molecule has 0 aliphatic carbocycles. The summed E-state index contributed by atoms with van der Waals surface area (Å²) in [4.78, 5) is 17.1. The van der Waals surface area contributed by atoms with Gasteiger partial charge >= 0.3 is 0 Å². The molecule has 1 amide bonds. The highest BCUT2D eigenvalue weighted by Crippen LogP contribution is 2.17. The number of amides is 1. The standard InChI is InChI=1S/C23H31N5O/c1-19-22(20(2)28(25-19)13-6-12-24)9-10-23(29)27-17-15-26(16-18-27)14-11-21-7-4-3-5-8-21/h3-5,7-8H,6,9-11,13-18H2,1-2H3. The number of nitrogens with zero attached hydrogens (tertiary/aromatic N) is 5. The van der Waals surface area contributed by atoms with E-state index in [9.17, 15) is 4.79 Å². The number of piperazine rings is 1. The summed E-state index contributed by atoms with van der Waals surface area (Å²) in [7, 11) is 0. The molecule has 2 heterocycles. The Bertz CT molecular complexity index is 844. The Labute approximate surface area is 173 Å². The van der Waals surface area contributed by atoms with E-state index in [1.54, 1.807) is 0 Å². The Balaban J connectivity index is 1.43. The van der Waals surface area contributed by atoms with Crippen LogP contribution in [0, 0.1) is 25.2 Å². The molecule has 0 atom stereocenters. The highest BCUT2D eigenvalue weighted by molar-refractivity contribution is 5.76. The van der Waals surface area contributed by atoms with Gasteiger partial charge in [-0.2, -0.15) is 10.4 Å². The zero-order valence-corrected chi connectivity index (χ0v) is 17.6. The van der Waals surface area contributed by atoms with Crippen molar-refractivity contribution in [2.45, 2.75) is 46.1 Å². The second-order valence-electron chi connectivity index (χ2n) is 7.74. The van der Waals surface area contributed by atoms with E-state index in [1.165, 1.54) is 5.56 Å². The van der Waals surface area contributed by atoms with Crippen LogP contribution in [0.15, 0.2) is 30.3 Å². The zero-order chi connectivity index (χ0) is 20.6. The van der Waals surface area contributed by atoms with Gasteiger partial charge in [0.1, 0.15) is 0 Å². The van der Waals surface area contributed by atoms with Crippen molar-refractivity contribution in [2.75, 3.05) is 32.7 Å². The SMILES string of the molecule is Cc1nn(CCC#N)c(C)c1CCC(=O)N1CCN(CCc2ccccc2)CC1. The average Bonchev–Trinajstić information content (AvgIpc) is 3.02. The molecule has 1 aliphatic heterocycles. The molecule has 0 radical (unpaired) electrons. The molecule has 0 bridgehead atoms. The van der Waals surface area contributed by atoms with Gasteiger partial charge in [0.2, 0.25) is 5.91 Å². The zero-order valence-electron chi connectivity index (χ0n) is 17.6. The molecule has 154 valence electrons. The minimum Gasteiger partial charge on any atom is -0.340 e. The second kappa shape index (κ2) is 10.2. The van der Waals surface area contributed by atoms with Crippen LogP contribution >= 0.6 is 0 Å². The number of carbonyl (C=O) groups excluding carboxylic acids is 1. The number of rotatable bonds is 8. The number of aromatic nitrogens is 2. The molecule has 1 aromatic carbocycles. The minimum absolute atomic E-state index is 0.233. The first-order valence-electron chi connectivity index (χ1n) is 10.5. The van der Waals surface area contributed by atoms with Gasteiger partial charge in [-0.05, 0) is 37.8 Å². The molecule has 2 aromatic rings. The first-order valence-corrected chi connectivity index (χ1v) is 10.5. The number of nitriles is 1. The normalized spacial score (nSPS) is 14.7. The molecule has 1 fully saturated rings. The van der Waals surface area contributed by atoms with E-state index in [2.05, 4.69) is 40.3 Å². The molecule has 0 N–H and O–H groups in total. The number of hydrogen-bond donors (Lipinski definition) is 0. The van der Waals surface area contributed by atoms with Crippen LogP contribution < -0.4 is 0 Å². The van der Waals surface area contributed by atoms with Gasteiger partial charge in [-0.25, -0.2) is 0 Å². The molecule has 0 unspecified atom stereocenters. The fraction of sp³-hybridized carbons (Fsp3) is 0.522. The molecular formula is C23H31N5O. The van der Waals surface area contributed by atoms with E-state index >= 15 is 0 Å². The first-order chi connectivity index (χ1) is 14.1. The smallest absolute Gasteiger partial charge is 0.222 e. The second-order valence-corrected chi connectivity index (χ2v) is 7.74. The molecule has 6 nitrogen and oxygen atoms in total. The molecule has 0 saturated carbocycles. The summed E-state index contributed by atoms with van der Waals surface area (Å²) in [5.41, 5.74) is 4.57. The third kappa shape index (κ3) is 5.68. The highest BCUT2D eigenvalue weighted by Gasteiger charge is 2.21. The monoisotopic (exact) mass is 393 g/mol. The first kappa shape index (κ1) is 21.1. The van der Waals surface area contributed by atoms with Crippen LogP contribution in [0.3, 0.4) is 0 Å². The highest BCUT2D eigenvalue weighted by atomic mass is 16.2. The predicted molar refractivity (Wildman–Crippen MR) is 113 cm³/mol. The van der Waals surface area contributed by atoms with Crippen LogP contribution in [0.4, 0.5) is 0 Å². The van der Waals surface area contributed by atoms with Gasteiger partial charge in [0, 0.05) is 44.8 Å². The van der Waals surface area contributed by atoms with Crippen molar-refractivity contribution in [1.29, 1.82) is 5.26 Å². The van der Waals surface area contributed by atoms with Crippen LogP contribution in [0.5, 0.6) is 0 Å². The van der Waals surface area contributed by atoms with Gasteiger partial charge in [-0.15, -0.1) is 0 Å². The number of carbonyl (C=O) groups is 1. The van der Waals surface area contributed by atoms with Crippen molar-refractivity contribution in [3.63, 3.8) is 0 Å². The fourth-order valence-corrected chi connectivity index (χ4v) is 4.01. The summed E-state index contributed by atoms with van der Waals surface area (Å²) >= 11 is 0. The Morgan fingerprint density at radius 1 is 1.07 bits per heavy atom. The van der Waals surface area contributed by atoms with Crippen molar-refractivity contribution in [2.24, 2.45) is 0 Å². The van der Waals surface area contributed by atoms with Gasteiger partial charge in [0.15, 0.2) is 0 Å². The van der Waals surface area contributed by atoms with E-state index in [4.69, 9.17) is 5.26 Å². The quantitative estimate of drug-likeness (QED) is 0.692. The maximum absolute atomic E-state index is 12.7. The summed E-state index contributed by atoms with van der Waals surface area (Å²) in [5, 5.41) is 13.3. The van der Waals surface area contributed by atoms with E-state index in [-0.39, 0.29) is 5.91 Å². The predicted octanol–water partition coefficient (Wildman–Crippen LogP) is 2.73. The van der Waals surface area contributed by atoms with Gasteiger partial charge in [0.25, 0.3) is 0 Å². The van der Waals surface area contributed by atoms with E-state index in [0.29, 0.717) is 19.4 Å². The number of benzene rings is 1. The third-order valence-electron chi connectivity index (χ3n) is 5.84. The van der Waals surface area contributed by atoms with Crippen molar-refractivity contribution in [3.8, 4) is 6.07 Å². The minimum atomic E-state index is 0.233. The summed E-state index contributed by atoms with van der Waals surface area (Å²) < 4.78 is 1.89. The van der Waals surface area contributed by atoms with Gasteiger partial charge in [0.05, 0.1) is 24.7 Å². The average molecular weight is 394 g/mol. The summed E-state index contributed by atoms with van der Waals surface area (Å²) in [6.07, 6.45) is 2.75. The van der Waals surface area contributed by atoms with Gasteiger partial charge in [-0.3, -0.25) is 14.4 Å². The largest absolute Gasteiger partial charge is 0.340 e. The fourth-order valence-electron chi connectivity index (χ4n) is 4.01. The Kier molecular flexibility index (Phi) is 7.42. The van der Waals surface area contributed by atoms with Crippen molar-refractivity contribution in [1.82, 2.24) is 19.6 Å². The van der Waals surface area contributed by atoms with Crippen molar-refractivity contribution < 1.29 is 4.79 Å². The summed E-state index contributed by atoms with van der Waals surface area (Å²) in [5.74, 6) is 0.233. The lowest BCUT2D eigenvalue weighted by atomic mass is 10.1. The third-order valence-corrected chi connectivity index (χ3v) is 5.84. The van der Waals surface area contributed by atoms with Crippen LogP contribution in [0.2, 0.25) is 0 Å². The maximum atomic E-state index is 12.7. The Morgan fingerprint density at radius 3 is 2.48 bits per heavy atom. The molecule has 1 aromatic heterocycles. The topological polar surface area (TPSA) is 65.2 Å². The lowest BCUT2D eigenvalue weighted by Gasteiger charge is -2.34. The summed E-state index contributed by atoms with van der Waals surface area (Å²) in [6, 6.07) is 12.7. The van der Waals surface area contributed by atoms with Gasteiger partial charge in [-0.1, -0.05) is 30.3 Å². The molecular weight excluding hydrogens is 362 g/mol. The number of aryl methyl sites for hydroxylation is 2. The summed E-state index contributed by atoms with van der Waals surface area (Å²) in [6.45, 7) is 9.20. The van der Waals surface area contributed by atoms with Crippen molar-refractivity contribution in [3.05, 3.63) is 52.8 Å². The van der Waals surface area contributed by atoms with E-state index in [1.807, 2.05) is 29.5 Å². The van der Waals surface area contributed by atoms with Gasteiger partial charge < -0.3 is 4.90 Å². The Morgan fingerprint density at radius 2 is 1.79 bits per heavy atom. The van der Waals surface area contributed by atoms with Crippen LogP contribution in [-0.4, -0.2) is 58.2 Å². The van der Waals surface area contributed by atoms with Crippen molar-refractivity contribution >= 4 is 5.91 Å². The van der Waals surface area contributed by atoms with Crippen LogP contribution in [-0.2, 0) is 24.2 Å². The molecule has 29 heavy (non-hydrogen) atoms. The van der Waals surface area contributed by atoms with Crippen LogP contribution in [0.1, 0.15) is 35.4 Å². The van der Waals surface area contributed by atoms with E-state index < -0.39 is 0 Å². The molecule has 6 heteroatoms. The molecule has 0 spiro atoms. The number of hydrogen-bond acceptors (Lipinski definition) is 4. The lowest BCUT2D eigenvalue weighted by molar-refractivity contribution is -0.132.